The average Bonchev–Trinajstić information content (AvgIpc) is 2.71. The monoisotopic (exact) mass is 495 g/mol. The normalized spacial score (nSPS) is 10.9. The Balaban J connectivity index is 1.68. The number of nitrogens with one attached hydrogen (secondary N) is 1. The van der Waals surface area contributed by atoms with Crippen LogP contribution in [0.4, 0.5) is 5.69 Å². The summed E-state index contributed by atoms with van der Waals surface area (Å²) in [6.45, 7) is 4.04. The van der Waals surface area contributed by atoms with Crippen molar-refractivity contribution in [3.05, 3.63) is 97.4 Å². The molecule has 0 aliphatic carbocycles. The van der Waals surface area contributed by atoms with E-state index < -0.39 is 5.63 Å². The van der Waals surface area contributed by atoms with Crippen molar-refractivity contribution < 1.29 is 9.21 Å². The van der Waals surface area contributed by atoms with Gasteiger partial charge in [0, 0.05) is 20.2 Å². The highest BCUT2D eigenvalue weighted by Gasteiger charge is 2.12. The zero-order valence-corrected chi connectivity index (χ0v) is 18.1. The number of anilines is 1. The Labute approximate surface area is 181 Å². The Bertz CT molecular complexity index is 1280. The lowest BCUT2D eigenvalue weighted by molar-refractivity contribution is 0.102. The molecule has 144 valence electrons. The number of amides is 1. The highest BCUT2D eigenvalue weighted by Crippen LogP contribution is 2.24. The summed E-state index contributed by atoms with van der Waals surface area (Å²) in [5.74, 6) is -0.225. The van der Waals surface area contributed by atoms with Crippen molar-refractivity contribution in [3.8, 4) is 11.1 Å². The molecule has 4 rings (SSSR count). The van der Waals surface area contributed by atoms with Crippen molar-refractivity contribution in [1.82, 2.24) is 0 Å². The SMILES string of the molecule is Cc1cc(NC(=O)c2cccc(-c3cc4ccccc4oc3=O)c2)cc(C)c1I. The van der Waals surface area contributed by atoms with Crippen LogP contribution in [0.5, 0.6) is 0 Å². The Morgan fingerprint density at radius 3 is 2.41 bits per heavy atom. The Hall–Kier alpha value is -2.93. The van der Waals surface area contributed by atoms with Gasteiger partial charge in [-0.15, -0.1) is 0 Å². The molecule has 1 heterocycles. The van der Waals surface area contributed by atoms with Gasteiger partial charge in [-0.1, -0.05) is 30.3 Å². The molecule has 29 heavy (non-hydrogen) atoms. The highest BCUT2D eigenvalue weighted by atomic mass is 127. The minimum atomic E-state index is -0.426. The molecule has 0 atom stereocenters. The second kappa shape index (κ2) is 7.83. The van der Waals surface area contributed by atoms with Crippen LogP contribution in [0.2, 0.25) is 0 Å². The summed E-state index contributed by atoms with van der Waals surface area (Å²) in [6, 6.07) is 20.1. The lowest BCUT2D eigenvalue weighted by Crippen LogP contribution is -2.13. The van der Waals surface area contributed by atoms with Crippen LogP contribution in [0.3, 0.4) is 0 Å². The number of hydrogen-bond donors (Lipinski definition) is 1. The van der Waals surface area contributed by atoms with Crippen molar-refractivity contribution in [1.29, 1.82) is 0 Å². The zero-order valence-electron chi connectivity index (χ0n) is 16.0. The van der Waals surface area contributed by atoms with Gasteiger partial charge in [0.15, 0.2) is 0 Å². The molecule has 4 aromatic rings. The summed E-state index contributed by atoms with van der Waals surface area (Å²) in [5.41, 5.74) is 4.65. The van der Waals surface area contributed by atoms with E-state index in [-0.39, 0.29) is 5.91 Å². The first kappa shape index (κ1) is 19.4. The van der Waals surface area contributed by atoms with Gasteiger partial charge in [0.05, 0.1) is 5.56 Å². The zero-order chi connectivity index (χ0) is 20.5. The summed E-state index contributed by atoms with van der Waals surface area (Å²) in [4.78, 5) is 25.2. The summed E-state index contributed by atoms with van der Waals surface area (Å²) < 4.78 is 6.61. The number of benzene rings is 3. The average molecular weight is 495 g/mol. The van der Waals surface area contributed by atoms with E-state index in [1.54, 1.807) is 36.4 Å². The number of para-hydroxylation sites is 1. The molecule has 4 nitrogen and oxygen atoms in total. The molecule has 5 heteroatoms. The van der Waals surface area contributed by atoms with Crippen molar-refractivity contribution in [2.75, 3.05) is 5.32 Å². The lowest BCUT2D eigenvalue weighted by Gasteiger charge is -2.10. The predicted octanol–water partition coefficient (Wildman–Crippen LogP) is 5.93. The molecule has 0 aliphatic heterocycles. The molecular weight excluding hydrogens is 477 g/mol. The summed E-state index contributed by atoms with van der Waals surface area (Å²) in [5, 5.41) is 3.78. The van der Waals surface area contributed by atoms with E-state index in [1.165, 1.54) is 3.57 Å². The molecule has 0 bridgehead atoms. The maximum absolute atomic E-state index is 12.8. The van der Waals surface area contributed by atoms with Gasteiger partial charge in [-0.2, -0.15) is 0 Å². The molecule has 0 unspecified atom stereocenters. The third-order valence-electron chi connectivity index (χ3n) is 4.77. The molecule has 1 N–H and O–H groups in total. The fourth-order valence-corrected chi connectivity index (χ4v) is 3.62. The summed E-state index contributed by atoms with van der Waals surface area (Å²) >= 11 is 2.30. The number of halogens is 1. The van der Waals surface area contributed by atoms with Crippen LogP contribution in [-0.2, 0) is 0 Å². The van der Waals surface area contributed by atoms with Crippen LogP contribution in [0.1, 0.15) is 21.5 Å². The Morgan fingerprint density at radius 2 is 1.66 bits per heavy atom. The first-order chi connectivity index (χ1) is 13.9. The lowest BCUT2D eigenvalue weighted by atomic mass is 10.0. The molecule has 0 saturated carbocycles. The van der Waals surface area contributed by atoms with Crippen LogP contribution in [-0.4, -0.2) is 5.91 Å². The minimum absolute atomic E-state index is 0.225. The van der Waals surface area contributed by atoms with Gasteiger partial charge in [0.1, 0.15) is 5.58 Å². The predicted molar refractivity (Wildman–Crippen MR) is 125 cm³/mol. The van der Waals surface area contributed by atoms with Crippen molar-refractivity contribution in [2.45, 2.75) is 13.8 Å². The Morgan fingerprint density at radius 1 is 0.931 bits per heavy atom. The molecule has 1 aromatic heterocycles. The van der Waals surface area contributed by atoms with Crippen molar-refractivity contribution >= 4 is 45.2 Å². The molecule has 0 radical (unpaired) electrons. The van der Waals surface area contributed by atoms with Gasteiger partial charge < -0.3 is 9.73 Å². The summed E-state index contributed by atoms with van der Waals surface area (Å²) in [7, 11) is 0. The molecular formula is C24H18INO3. The van der Waals surface area contributed by atoms with Gasteiger partial charge in [-0.25, -0.2) is 4.79 Å². The highest BCUT2D eigenvalue weighted by molar-refractivity contribution is 14.1. The minimum Gasteiger partial charge on any atom is -0.422 e. The molecule has 3 aromatic carbocycles. The van der Waals surface area contributed by atoms with E-state index >= 15 is 0 Å². The van der Waals surface area contributed by atoms with Crippen LogP contribution in [0.25, 0.3) is 22.1 Å². The van der Waals surface area contributed by atoms with E-state index in [0.29, 0.717) is 22.3 Å². The molecule has 0 spiro atoms. The van der Waals surface area contributed by atoms with Gasteiger partial charge >= 0.3 is 5.63 Å². The second-order valence-corrected chi connectivity index (χ2v) is 8.02. The van der Waals surface area contributed by atoms with Crippen LogP contribution in [0.15, 0.2) is 75.9 Å². The third kappa shape index (κ3) is 3.96. The molecule has 0 aliphatic rings. The fraction of sp³-hybridized carbons (Fsp3) is 0.0833. The van der Waals surface area contributed by atoms with E-state index in [2.05, 4.69) is 27.9 Å². The first-order valence-electron chi connectivity index (χ1n) is 9.14. The van der Waals surface area contributed by atoms with Gasteiger partial charge in [-0.05, 0) is 89.5 Å². The van der Waals surface area contributed by atoms with Gasteiger partial charge in [-0.3, -0.25) is 4.79 Å². The number of rotatable bonds is 3. The van der Waals surface area contributed by atoms with Crippen molar-refractivity contribution in [3.63, 3.8) is 0 Å². The van der Waals surface area contributed by atoms with Crippen LogP contribution >= 0.6 is 22.6 Å². The van der Waals surface area contributed by atoms with Crippen LogP contribution < -0.4 is 10.9 Å². The molecule has 0 fully saturated rings. The first-order valence-corrected chi connectivity index (χ1v) is 10.2. The van der Waals surface area contributed by atoms with Gasteiger partial charge in [0.25, 0.3) is 5.91 Å². The standard InChI is InChI=1S/C24H18INO3/c1-14-10-19(11-15(2)22(14)25)26-23(27)18-8-5-7-16(12-18)20-13-17-6-3-4-9-21(17)29-24(20)28/h3-13H,1-2H3,(H,26,27). The number of fused-ring (bicyclic) bond motifs is 1. The number of carbonyl (C=O) groups excluding carboxylic acids is 1. The quantitative estimate of drug-likeness (QED) is 0.283. The van der Waals surface area contributed by atoms with E-state index in [9.17, 15) is 9.59 Å². The smallest absolute Gasteiger partial charge is 0.344 e. The molecule has 1 amide bonds. The third-order valence-corrected chi connectivity index (χ3v) is 6.47. The van der Waals surface area contributed by atoms with E-state index in [4.69, 9.17) is 4.42 Å². The largest absolute Gasteiger partial charge is 0.422 e. The molecule has 0 saturated heterocycles. The van der Waals surface area contributed by atoms with E-state index in [0.717, 1.165) is 22.2 Å². The number of aryl methyl sites for hydroxylation is 2. The summed E-state index contributed by atoms with van der Waals surface area (Å²) in [6.07, 6.45) is 0. The maximum atomic E-state index is 12.8. The fourth-order valence-electron chi connectivity index (χ4n) is 3.31. The maximum Gasteiger partial charge on any atom is 0.344 e. The Kier molecular flexibility index (Phi) is 5.24. The van der Waals surface area contributed by atoms with Crippen LogP contribution in [0, 0.1) is 17.4 Å². The van der Waals surface area contributed by atoms with Gasteiger partial charge in [0.2, 0.25) is 0 Å². The second-order valence-electron chi connectivity index (χ2n) is 6.94. The number of hydrogen-bond acceptors (Lipinski definition) is 3. The van der Waals surface area contributed by atoms with E-state index in [1.807, 2.05) is 44.2 Å². The van der Waals surface area contributed by atoms with Crippen molar-refractivity contribution in [2.24, 2.45) is 0 Å². The topological polar surface area (TPSA) is 59.3 Å². The number of carbonyl (C=O) groups is 1.